The Bertz CT molecular complexity index is 464. The fourth-order valence-electron chi connectivity index (χ4n) is 3.40. The van der Waals surface area contributed by atoms with Gasteiger partial charge in [0.2, 0.25) is 10.0 Å². The van der Waals surface area contributed by atoms with Gasteiger partial charge in [-0.25, -0.2) is 8.42 Å². The van der Waals surface area contributed by atoms with E-state index in [4.69, 9.17) is 0 Å². The quantitative estimate of drug-likeness (QED) is 0.788. The van der Waals surface area contributed by atoms with E-state index in [0.717, 1.165) is 38.5 Å². The summed E-state index contributed by atoms with van der Waals surface area (Å²) in [6.45, 7) is 5.82. The van der Waals surface area contributed by atoms with E-state index in [0.29, 0.717) is 13.0 Å². The highest BCUT2D eigenvalue weighted by atomic mass is 32.2. The van der Waals surface area contributed by atoms with Crippen LogP contribution in [0.15, 0.2) is 0 Å². The zero-order valence-electron chi connectivity index (χ0n) is 12.9. The lowest BCUT2D eigenvalue weighted by Gasteiger charge is -2.42. The Morgan fingerprint density at radius 3 is 2.30 bits per heavy atom. The minimum Gasteiger partial charge on any atom is -0.299 e. The van der Waals surface area contributed by atoms with Gasteiger partial charge in [0.05, 0.1) is 4.75 Å². The van der Waals surface area contributed by atoms with Crippen LogP contribution in [0.1, 0.15) is 65.7 Å². The van der Waals surface area contributed by atoms with Crippen LogP contribution in [-0.4, -0.2) is 35.8 Å². The van der Waals surface area contributed by atoms with Crippen molar-refractivity contribution in [3.63, 3.8) is 0 Å². The van der Waals surface area contributed by atoms with Crippen molar-refractivity contribution in [3.05, 3.63) is 0 Å². The Labute approximate surface area is 123 Å². The standard InChI is InChI=1S/C15H27NO3S/c1-15(2,3)20(18,19)16-11-7-6-9-13(16)12-8-4-5-10-14(12)17/h12-13H,4-11H2,1-3H3. The number of hydrogen-bond acceptors (Lipinski definition) is 3. The second kappa shape index (κ2) is 5.76. The Morgan fingerprint density at radius 1 is 1.05 bits per heavy atom. The molecule has 0 N–H and O–H groups in total. The summed E-state index contributed by atoms with van der Waals surface area (Å²) in [7, 11) is -3.34. The summed E-state index contributed by atoms with van der Waals surface area (Å²) in [5.74, 6) is 0.207. The van der Waals surface area contributed by atoms with Crippen LogP contribution in [0.4, 0.5) is 0 Å². The van der Waals surface area contributed by atoms with Crippen molar-refractivity contribution in [3.8, 4) is 0 Å². The molecular formula is C15H27NO3S. The summed E-state index contributed by atoms with van der Waals surface area (Å²) >= 11 is 0. The van der Waals surface area contributed by atoms with Crippen molar-refractivity contribution in [1.82, 2.24) is 4.31 Å². The van der Waals surface area contributed by atoms with E-state index >= 15 is 0 Å². The van der Waals surface area contributed by atoms with Crippen molar-refractivity contribution in [2.45, 2.75) is 76.5 Å². The normalized spacial score (nSPS) is 30.4. The lowest BCUT2D eigenvalue weighted by atomic mass is 9.80. The number of carbonyl (C=O) groups excluding carboxylic acids is 1. The Balaban J connectivity index is 2.28. The first kappa shape index (κ1) is 16.0. The van der Waals surface area contributed by atoms with Crippen molar-refractivity contribution in [2.24, 2.45) is 5.92 Å². The molecule has 0 aromatic rings. The van der Waals surface area contributed by atoms with Crippen LogP contribution in [0.25, 0.3) is 0 Å². The second-order valence-corrected chi connectivity index (χ2v) is 9.75. The van der Waals surface area contributed by atoms with Crippen LogP contribution >= 0.6 is 0 Å². The average molecular weight is 301 g/mol. The summed E-state index contributed by atoms with van der Waals surface area (Å²) in [5.41, 5.74) is 0. The number of ketones is 1. The molecule has 0 aromatic carbocycles. The number of nitrogens with zero attached hydrogens (tertiary/aromatic N) is 1. The third-order valence-electron chi connectivity index (χ3n) is 4.65. The third kappa shape index (κ3) is 2.93. The minimum absolute atomic E-state index is 0.0684. The van der Waals surface area contributed by atoms with Gasteiger partial charge in [-0.1, -0.05) is 12.8 Å². The highest BCUT2D eigenvalue weighted by Gasteiger charge is 2.44. The number of carbonyl (C=O) groups is 1. The number of rotatable bonds is 2. The molecule has 2 rings (SSSR count). The first-order chi connectivity index (χ1) is 9.25. The third-order valence-corrected chi connectivity index (χ3v) is 7.27. The lowest BCUT2D eigenvalue weighted by Crippen LogP contribution is -2.54. The Morgan fingerprint density at radius 2 is 1.70 bits per heavy atom. The predicted molar refractivity (Wildman–Crippen MR) is 80.0 cm³/mol. The molecule has 1 heterocycles. The molecule has 2 unspecified atom stereocenters. The maximum atomic E-state index is 12.8. The molecule has 1 aliphatic heterocycles. The number of piperidine rings is 1. The van der Waals surface area contributed by atoms with Crippen molar-refractivity contribution < 1.29 is 13.2 Å². The molecule has 2 atom stereocenters. The number of Topliss-reactive ketones (excluding diaryl/α,β-unsaturated/α-hetero) is 1. The van der Waals surface area contributed by atoms with Gasteiger partial charge in [0.25, 0.3) is 0 Å². The monoisotopic (exact) mass is 301 g/mol. The van der Waals surface area contributed by atoms with Crippen LogP contribution in [0.3, 0.4) is 0 Å². The van der Waals surface area contributed by atoms with Gasteiger partial charge in [-0.2, -0.15) is 4.31 Å². The van der Waals surface area contributed by atoms with Gasteiger partial charge < -0.3 is 0 Å². The fourth-order valence-corrected chi connectivity index (χ4v) is 5.08. The summed E-state index contributed by atoms with van der Waals surface area (Å²) in [6.07, 6.45) is 6.29. The first-order valence-electron chi connectivity index (χ1n) is 7.79. The molecule has 1 saturated carbocycles. The van der Waals surface area contributed by atoms with Crippen LogP contribution < -0.4 is 0 Å². The molecule has 1 aliphatic carbocycles. The van der Waals surface area contributed by atoms with E-state index in [9.17, 15) is 13.2 Å². The van der Waals surface area contributed by atoms with Crippen molar-refractivity contribution in [2.75, 3.05) is 6.54 Å². The first-order valence-corrected chi connectivity index (χ1v) is 9.23. The maximum Gasteiger partial charge on any atom is 0.219 e. The molecule has 0 amide bonds. The smallest absolute Gasteiger partial charge is 0.219 e. The topological polar surface area (TPSA) is 54.5 Å². The highest BCUT2D eigenvalue weighted by Crippen LogP contribution is 2.35. The van der Waals surface area contributed by atoms with Crippen LogP contribution in [-0.2, 0) is 14.8 Å². The van der Waals surface area contributed by atoms with E-state index < -0.39 is 14.8 Å². The molecule has 2 fully saturated rings. The molecular weight excluding hydrogens is 274 g/mol. The number of sulfonamides is 1. The van der Waals surface area contributed by atoms with Crippen LogP contribution in [0, 0.1) is 5.92 Å². The van der Waals surface area contributed by atoms with Gasteiger partial charge in [0, 0.05) is 24.9 Å². The van der Waals surface area contributed by atoms with Crippen LogP contribution in [0.5, 0.6) is 0 Å². The van der Waals surface area contributed by atoms with E-state index in [-0.39, 0.29) is 17.7 Å². The lowest BCUT2D eigenvalue weighted by molar-refractivity contribution is -0.126. The second-order valence-electron chi connectivity index (χ2n) is 7.11. The van der Waals surface area contributed by atoms with E-state index in [1.165, 1.54) is 0 Å². The Hall–Kier alpha value is -0.420. The van der Waals surface area contributed by atoms with Gasteiger partial charge in [0.1, 0.15) is 5.78 Å². The SMILES string of the molecule is CC(C)(C)S(=O)(=O)N1CCCCC1C1CCCCC1=O. The fraction of sp³-hybridized carbons (Fsp3) is 0.933. The number of hydrogen-bond donors (Lipinski definition) is 0. The van der Waals surface area contributed by atoms with Gasteiger partial charge in [-0.15, -0.1) is 0 Å². The highest BCUT2D eigenvalue weighted by molar-refractivity contribution is 7.90. The largest absolute Gasteiger partial charge is 0.299 e. The van der Waals surface area contributed by atoms with Gasteiger partial charge in [-0.05, 0) is 46.5 Å². The molecule has 20 heavy (non-hydrogen) atoms. The zero-order valence-corrected chi connectivity index (χ0v) is 13.7. The molecule has 1 saturated heterocycles. The van der Waals surface area contributed by atoms with Crippen molar-refractivity contribution >= 4 is 15.8 Å². The van der Waals surface area contributed by atoms with E-state index in [2.05, 4.69) is 0 Å². The molecule has 0 aromatic heterocycles. The average Bonchev–Trinajstić information content (AvgIpc) is 2.38. The molecule has 116 valence electrons. The molecule has 0 bridgehead atoms. The maximum absolute atomic E-state index is 12.8. The van der Waals surface area contributed by atoms with Crippen molar-refractivity contribution in [1.29, 1.82) is 0 Å². The summed E-state index contributed by atoms with van der Waals surface area (Å²) in [6, 6.07) is -0.0965. The van der Waals surface area contributed by atoms with Crippen LogP contribution in [0.2, 0.25) is 0 Å². The predicted octanol–water partition coefficient (Wildman–Crippen LogP) is 2.73. The molecule has 4 nitrogen and oxygen atoms in total. The zero-order chi connectivity index (χ0) is 15.0. The summed E-state index contributed by atoms with van der Waals surface area (Å²) < 4.78 is 26.4. The molecule has 0 spiro atoms. The van der Waals surface area contributed by atoms with E-state index in [1.54, 1.807) is 25.1 Å². The van der Waals surface area contributed by atoms with Gasteiger partial charge in [-0.3, -0.25) is 4.79 Å². The molecule has 5 heteroatoms. The van der Waals surface area contributed by atoms with E-state index in [1.807, 2.05) is 0 Å². The molecule has 2 aliphatic rings. The van der Waals surface area contributed by atoms with Gasteiger partial charge >= 0.3 is 0 Å². The Kier molecular flexibility index (Phi) is 4.59. The van der Waals surface area contributed by atoms with Gasteiger partial charge in [0.15, 0.2) is 0 Å². The summed E-state index contributed by atoms with van der Waals surface area (Å²) in [5, 5.41) is 0. The molecule has 0 radical (unpaired) electrons. The minimum atomic E-state index is -3.34. The summed E-state index contributed by atoms with van der Waals surface area (Å²) in [4.78, 5) is 12.2.